The molecule has 1 aromatic carbocycles. The van der Waals surface area contributed by atoms with Crippen LogP contribution in [0.2, 0.25) is 0 Å². The molecule has 1 aromatic rings. The maximum Gasteiger partial charge on any atom is 0.0504 e. The topological polar surface area (TPSA) is 15.3 Å². The quantitative estimate of drug-likeness (QED) is 0.843. The SMILES string of the molecule is CSc1ccccc1N1CCCNC(C2CC2)C1. The molecule has 0 aromatic heterocycles. The molecule has 1 unspecified atom stereocenters. The van der Waals surface area contributed by atoms with E-state index in [1.54, 1.807) is 0 Å². The van der Waals surface area contributed by atoms with Gasteiger partial charge in [-0.15, -0.1) is 11.8 Å². The van der Waals surface area contributed by atoms with Gasteiger partial charge in [0.2, 0.25) is 0 Å². The molecule has 0 spiro atoms. The van der Waals surface area contributed by atoms with Crippen LogP contribution in [0.3, 0.4) is 0 Å². The molecule has 1 saturated carbocycles. The summed E-state index contributed by atoms with van der Waals surface area (Å²) in [6.45, 7) is 3.55. The second kappa shape index (κ2) is 5.54. The first kappa shape index (κ1) is 12.4. The molecule has 2 fully saturated rings. The van der Waals surface area contributed by atoms with E-state index in [1.165, 1.54) is 49.5 Å². The molecule has 2 aliphatic rings. The molecule has 1 heterocycles. The van der Waals surface area contributed by atoms with E-state index in [2.05, 4.69) is 40.7 Å². The van der Waals surface area contributed by atoms with E-state index in [0.29, 0.717) is 6.04 Å². The van der Waals surface area contributed by atoms with Crippen LogP contribution in [-0.2, 0) is 0 Å². The number of rotatable bonds is 3. The van der Waals surface area contributed by atoms with Crippen molar-refractivity contribution in [2.75, 3.05) is 30.8 Å². The van der Waals surface area contributed by atoms with Gasteiger partial charge in [0.15, 0.2) is 0 Å². The van der Waals surface area contributed by atoms with Crippen molar-refractivity contribution in [1.29, 1.82) is 0 Å². The predicted molar refractivity (Wildman–Crippen MR) is 79.6 cm³/mol. The maximum absolute atomic E-state index is 3.73. The summed E-state index contributed by atoms with van der Waals surface area (Å²) in [5.74, 6) is 0.937. The van der Waals surface area contributed by atoms with Gasteiger partial charge in [-0.1, -0.05) is 12.1 Å². The lowest BCUT2D eigenvalue weighted by atomic mass is 10.1. The zero-order valence-corrected chi connectivity index (χ0v) is 11.9. The van der Waals surface area contributed by atoms with Crippen LogP contribution in [0.25, 0.3) is 0 Å². The van der Waals surface area contributed by atoms with Gasteiger partial charge in [0.1, 0.15) is 0 Å². The number of para-hydroxylation sites is 1. The largest absolute Gasteiger partial charge is 0.369 e. The second-order valence-corrected chi connectivity index (χ2v) is 6.22. The summed E-state index contributed by atoms with van der Waals surface area (Å²) in [6.07, 6.45) is 6.28. The molecular weight excluding hydrogens is 240 g/mol. The predicted octanol–water partition coefficient (Wildman–Crippen LogP) is 2.99. The third-order valence-electron chi connectivity index (χ3n) is 4.05. The lowest BCUT2D eigenvalue weighted by molar-refractivity contribution is 0.489. The molecule has 0 bridgehead atoms. The molecule has 0 amide bonds. The summed E-state index contributed by atoms with van der Waals surface area (Å²) in [5, 5.41) is 3.73. The normalized spacial score (nSPS) is 24.9. The van der Waals surface area contributed by atoms with Crippen LogP contribution in [-0.4, -0.2) is 31.9 Å². The molecular formula is C15H22N2S. The minimum atomic E-state index is 0.711. The van der Waals surface area contributed by atoms with Crippen molar-refractivity contribution in [3.8, 4) is 0 Å². The Kier molecular flexibility index (Phi) is 3.80. The zero-order valence-electron chi connectivity index (χ0n) is 11.1. The van der Waals surface area contributed by atoms with E-state index in [1.807, 2.05) is 11.8 Å². The number of nitrogens with one attached hydrogen (secondary N) is 1. The molecule has 1 N–H and O–H groups in total. The molecule has 1 aliphatic heterocycles. The van der Waals surface area contributed by atoms with Crippen LogP contribution in [0.5, 0.6) is 0 Å². The highest BCUT2D eigenvalue weighted by Gasteiger charge is 2.33. The maximum atomic E-state index is 3.73. The fourth-order valence-corrected chi connectivity index (χ4v) is 3.50. The Hall–Kier alpha value is -0.670. The highest BCUT2D eigenvalue weighted by molar-refractivity contribution is 7.98. The van der Waals surface area contributed by atoms with Crippen LogP contribution >= 0.6 is 11.8 Å². The molecule has 1 saturated heterocycles. The van der Waals surface area contributed by atoms with Crippen molar-refractivity contribution < 1.29 is 0 Å². The van der Waals surface area contributed by atoms with Crippen LogP contribution in [0.4, 0.5) is 5.69 Å². The number of benzene rings is 1. The lowest BCUT2D eigenvalue weighted by Gasteiger charge is -2.28. The van der Waals surface area contributed by atoms with E-state index in [-0.39, 0.29) is 0 Å². The van der Waals surface area contributed by atoms with E-state index in [4.69, 9.17) is 0 Å². The van der Waals surface area contributed by atoms with Crippen LogP contribution in [0.1, 0.15) is 19.3 Å². The van der Waals surface area contributed by atoms with Crippen LogP contribution < -0.4 is 10.2 Å². The summed E-state index contributed by atoms with van der Waals surface area (Å²) in [7, 11) is 0. The van der Waals surface area contributed by atoms with Crippen LogP contribution in [0.15, 0.2) is 29.2 Å². The zero-order chi connectivity index (χ0) is 12.4. The number of nitrogens with zero attached hydrogens (tertiary/aromatic N) is 1. The van der Waals surface area contributed by atoms with Crippen molar-refractivity contribution in [3.05, 3.63) is 24.3 Å². The highest BCUT2D eigenvalue weighted by atomic mass is 32.2. The van der Waals surface area contributed by atoms with E-state index >= 15 is 0 Å². The summed E-state index contributed by atoms with van der Waals surface area (Å²) in [5.41, 5.74) is 1.43. The van der Waals surface area contributed by atoms with Gasteiger partial charge >= 0.3 is 0 Å². The lowest BCUT2D eigenvalue weighted by Crippen LogP contribution is -2.39. The third-order valence-corrected chi connectivity index (χ3v) is 4.83. The first-order chi connectivity index (χ1) is 8.88. The van der Waals surface area contributed by atoms with Gasteiger partial charge in [-0.25, -0.2) is 0 Å². The fourth-order valence-electron chi connectivity index (χ4n) is 2.87. The molecule has 1 atom stereocenters. The molecule has 18 heavy (non-hydrogen) atoms. The Morgan fingerprint density at radius 2 is 2.11 bits per heavy atom. The van der Waals surface area contributed by atoms with Gasteiger partial charge < -0.3 is 10.2 Å². The first-order valence-electron chi connectivity index (χ1n) is 7.00. The van der Waals surface area contributed by atoms with E-state index in [9.17, 15) is 0 Å². The monoisotopic (exact) mass is 262 g/mol. The van der Waals surface area contributed by atoms with Gasteiger partial charge in [-0.05, 0) is 50.1 Å². The second-order valence-electron chi connectivity index (χ2n) is 5.37. The Morgan fingerprint density at radius 3 is 2.89 bits per heavy atom. The van der Waals surface area contributed by atoms with Gasteiger partial charge in [-0.3, -0.25) is 0 Å². The molecule has 0 radical (unpaired) electrons. The van der Waals surface area contributed by atoms with E-state index in [0.717, 1.165) is 5.92 Å². The Balaban J connectivity index is 1.80. The summed E-state index contributed by atoms with van der Waals surface area (Å²) >= 11 is 1.86. The summed E-state index contributed by atoms with van der Waals surface area (Å²) in [4.78, 5) is 4.00. The van der Waals surface area contributed by atoms with E-state index < -0.39 is 0 Å². The van der Waals surface area contributed by atoms with Gasteiger partial charge in [0, 0.05) is 24.0 Å². The standard InChI is InChI=1S/C15H22N2S/c1-18-15-6-3-2-5-14(15)17-10-4-9-16-13(11-17)12-7-8-12/h2-3,5-6,12-13,16H,4,7-11H2,1H3. The number of thioether (sulfide) groups is 1. The smallest absolute Gasteiger partial charge is 0.0504 e. The minimum absolute atomic E-state index is 0.711. The number of hydrogen-bond donors (Lipinski definition) is 1. The van der Waals surface area contributed by atoms with Gasteiger partial charge in [-0.2, -0.15) is 0 Å². The molecule has 2 nitrogen and oxygen atoms in total. The minimum Gasteiger partial charge on any atom is -0.369 e. The molecule has 3 rings (SSSR count). The first-order valence-corrected chi connectivity index (χ1v) is 8.22. The number of hydrogen-bond acceptors (Lipinski definition) is 3. The molecule has 98 valence electrons. The highest BCUT2D eigenvalue weighted by Crippen LogP contribution is 2.35. The number of anilines is 1. The Labute approximate surface area is 114 Å². The average molecular weight is 262 g/mol. The van der Waals surface area contributed by atoms with Crippen molar-refractivity contribution in [3.63, 3.8) is 0 Å². The van der Waals surface area contributed by atoms with Gasteiger partial charge in [0.25, 0.3) is 0 Å². The third kappa shape index (κ3) is 2.67. The molecule has 3 heteroatoms. The van der Waals surface area contributed by atoms with Crippen molar-refractivity contribution in [2.24, 2.45) is 5.92 Å². The summed E-state index contributed by atoms with van der Waals surface area (Å²) in [6, 6.07) is 9.54. The Bertz CT molecular complexity index is 403. The van der Waals surface area contributed by atoms with Crippen molar-refractivity contribution in [1.82, 2.24) is 5.32 Å². The Morgan fingerprint density at radius 1 is 1.28 bits per heavy atom. The average Bonchev–Trinajstić information content (AvgIpc) is 3.24. The summed E-state index contributed by atoms with van der Waals surface area (Å²) < 4.78 is 0. The molecule has 1 aliphatic carbocycles. The van der Waals surface area contributed by atoms with Crippen molar-refractivity contribution in [2.45, 2.75) is 30.2 Å². The van der Waals surface area contributed by atoms with Crippen molar-refractivity contribution >= 4 is 17.4 Å². The fraction of sp³-hybridized carbons (Fsp3) is 0.600. The van der Waals surface area contributed by atoms with Crippen LogP contribution in [0, 0.1) is 5.92 Å². The van der Waals surface area contributed by atoms with Gasteiger partial charge in [0.05, 0.1) is 5.69 Å².